The second-order valence-corrected chi connectivity index (χ2v) is 5.50. The highest BCUT2D eigenvalue weighted by Gasteiger charge is 2.32. The van der Waals surface area contributed by atoms with Crippen LogP contribution in [0.5, 0.6) is 5.75 Å². The van der Waals surface area contributed by atoms with Gasteiger partial charge in [-0.1, -0.05) is 13.0 Å². The summed E-state index contributed by atoms with van der Waals surface area (Å²) >= 11 is 0. The molecule has 1 N–H and O–H groups in total. The molecule has 3 heteroatoms. The van der Waals surface area contributed by atoms with Crippen LogP contribution in [-0.4, -0.2) is 31.6 Å². The Balaban J connectivity index is 1.95. The van der Waals surface area contributed by atoms with Gasteiger partial charge in [0.15, 0.2) is 0 Å². The Bertz CT molecular complexity index is 427. The molecule has 2 heterocycles. The molecule has 0 bridgehead atoms. The smallest absolute Gasteiger partial charge is 0.120 e. The summed E-state index contributed by atoms with van der Waals surface area (Å²) in [4.78, 5) is 2.65. The van der Waals surface area contributed by atoms with Crippen LogP contribution in [-0.2, 0) is 0 Å². The summed E-state index contributed by atoms with van der Waals surface area (Å²) in [6.45, 7) is 5.91. The fourth-order valence-corrected chi connectivity index (χ4v) is 3.34. The molecule has 0 spiro atoms. The summed E-state index contributed by atoms with van der Waals surface area (Å²) < 4.78 is 5.31. The van der Waals surface area contributed by atoms with Crippen LogP contribution in [0.2, 0.25) is 0 Å². The van der Waals surface area contributed by atoms with E-state index in [1.54, 1.807) is 7.11 Å². The maximum atomic E-state index is 5.31. The monoisotopic (exact) mass is 246 g/mol. The van der Waals surface area contributed by atoms with E-state index < -0.39 is 0 Å². The fraction of sp³-hybridized carbons (Fsp3) is 0.600. The topological polar surface area (TPSA) is 24.5 Å². The Morgan fingerprint density at radius 3 is 2.78 bits per heavy atom. The lowest BCUT2D eigenvalue weighted by atomic mass is 9.88. The fourth-order valence-electron chi connectivity index (χ4n) is 3.34. The molecule has 0 amide bonds. The summed E-state index contributed by atoms with van der Waals surface area (Å²) in [6, 6.07) is 7.03. The highest BCUT2D eigenvalue weighted by Crippen LogP contribution is 2.40. The molecule has 0 saturated carbocycles. The lowest BCUT2D eigenvalue weighted by Crippen LogP contribution is -2.37. The number of hydrogen-bond acceptors (Lipinski definition) is 3. The highest BCUT2D eigenvalue weighted by molar-refractivity contribution is 5.58. The van der Waals surface area contributed by atoms with Gasteiger partial charge in [-0.05, 0) is 43.5 Å². The van der Waals surface area contributed by atoms with E-state index in [2.05, 4.69) is 35.3 Å². The van der Waals surface area contributed by atoms with E-state index in [-0.39, 0.29) is 0 Å². The average Bonchev–Trinajstić information content (AvgIpc) is 2.91. The van der Waals surface area contributed by atoms with Crippen LogP contribution in [0.25, 0.3) is 0 Å². The van der Waals surface area contributed by atoms with Gasteiger partial charge in [0.1, 0.15) is 5.75 Å². The summed E-state index contributed by atoms with van der Waals surface area (Å²) in [6.07, 6.45) is 2.70. The second kappa shape index (κ2) is 4.81. The largest absolute Gasteiger partial charge is 0.497 e. The number of anilines is 1. The van der Waals surface area contributed by atoms with Crippen molar-refractivity contribution in [2.75, 3.05) is 32.1 Å². The van der Waals surface area contributed by atoms with E-state index in [4.69, 9.17) is 4.74 Å². The van der Waals surface area contributed by atoms with Crippen molar-refractivity contribution in [3.63, 3.8) is 0 Å². The van der Waals surface area contributed by atoms with Gasteiger partial charge >= 0.3 is 0 Å². The van der Waals surface area contributed by atoms with E-state index >= 15 is 0 Å². The molecule has 18 heavy (non-hydrogen) atoms. The van der Waals surface area contributed by atoms with Crippen LogP contribution in [0.4, 0.5) is 5.69 Å². The van der Waals surface area contributed by atoms with Crippen molar-refractivity contribution in [1.82, 2.24) is 4.90 Å². The summed E-state index contributed by atoms with van der Waals surface area (Å²) in [5.74, 6) is 1.61. The van der Waals surface area contributed by atoms with Gasteiger partial charge in [0.25, 0.3) is 0 Å². The van der Waals surface area contributed by atoms with Gasteiger partial charge in [-0.3, -0.25) is 4.90 Å². The van der Waals surface area contributed by atoms with Gasteiger partial charge in [-0.25, -0.2) is 0 Å². The molecule has 2 atom stereocenters. The number of ether oxygens (including phenoxy) is 1. The zero-order chi connectivity index (χ0) is 12.5. The van der Waals surface area contributed by atoms with Crippen LogP contribution in [0.15, 0.2) is 18.2 Å². The SMILES string of the molecule is COc1ccc2c(c1)NCC(C)C2N1CCCC1. The quantitative estimate of drug-likeness (QED) is 0.868. The molecule has 1 fully saturated rings. The molecule has 2 aliphatic heterocycles. The van der Waals surface area contributed by atoms with Crippen LogP contribution in [0.3, 0.4) is 0 Å². The maximum absolute atomic E-state index is 5.31. The average molecular weight is 246 g/mol. The Hall–Kier alpha value is -1.22. The molecule has 0 aliphatic carbocycles. The third-order valence-corrected chi connectivity index (χ3v) is 4.27. The zero-order valence-electron chi connectivity index (χ0n) is 11.3. The van der Waals surface area contributed by atoms with Crippen molar-refractivity contribution >= 4 is 5.69 Å². The van der Waals surface area contributed by atoms with E-state index in [0.717, 1.165) is 12.3 Å². The molecule has 0 radical (unpaired) electrons. The Kier molecular flexibility index (Phi) is 3.16. The second-order valence-electron chi connectivity index (χ2n) is 5.50. The minimum atomic E-state index is 0.578. The first kappa shape index (κ1) is 11.8. The minimum Gasteiger partial charge on any atom is -0.497 e. The van der Waals surface area contributed by atoms with E-state index in [1.807, 2.05) is 0 Å². The minimum absolute atomic E-state index is 0.578. The van der Waals surface area contributed by atoms with E-state index in [1.165, 1.54) is 37.2 Å². The van der Waals surface area contributed by atoms with Gasteiger partial charge in [-0.2, -0.15) is 0 Å². The zero-order valence-corrected chi connectivity index (χ0v) is 11.3. The third-order valence-electron chi connectivity index (χ3n) is 4.27. The number of likely N-dealkylation sites (tertiary alicyclic amines) is 1. The summed E-state index contributed by atoms with van der Waals surface area (Å²) in [5, 5.41) is 3.53. The molecule has 0 aromatic heterocycles. The van der Waals surface area contributed by atoms with Crippen molar-refractivity contribution in [1.29, 1.82) is 0 Å². The number of nitrogens with one attached hydrogen (secondary N) is 1. The van der Waals surface area contributed by atoms with E-state index in [0.29, 0.717) is 12.0 Å². The first-order valence-electron chi connectivity index (χ1n) is 6.95. The maximum Gasteiger partial charge on any atom is 0.120 e. The number of hydrogen-bond donors (Lipinski definition) is 1. The lowest BCUT2D eigenvalue weighted by molar-refractivity contribution is 0.185. The van der Waals surface area contributed by atoms with Crippen LogP contribution >= 0.6 is 0 Å². The molecule has 98 valence electrons. The predicted molar refractivity (Wildman–Crippen MR) is 74.2 cm³/mol. The van der Waals surface area contributed by atoms with Gasteiger partial charge in [0.2, 0.25) is 0 Å². The van der Waals surface area contributed by atoms with Gasteiger partial charge in [0.05, 0.1) is 7.11 Å². The molecule has 3 nitrogen and oxygen atoms in total. The number of nitrogens with zero attached hydrogens (tertiary/aromatic N) is 1. The van der Waals surface area contributed by atoms with Gasteiger partial charge in [0, 0.05) is 24.3 Å². The molecule has 2 aliphatic rings. The standard InChI is InChI=1S/C15H22N2O/c1-11-10-16-14-9-12(18-2)5-6-13(14)15(11)17-7-3-4-8-17/h5-6,9,11,15-16H,3-4,7-8,10H2,1-2H3. The molecule has 3 rings (SSSR count). The molecular formula is C15H22N2O. The van der Waals surface area contributed by atoms with Gasteiger partial charge in [-0.15, -0.1) is 0 Å². The van der Waals surface area contributed by atoms with Crippen molar-refractivity contribution in [2.45, 2.75) is 25.8 Å². The first-order chi connectivity index (χ1) is 8.79. The number of benzene rings is 1. The molecule has 1 aromatic rings. The van der Waals surface area contributed by atoms with Crippen molar-refractivity contribution < 1.29 is 4.74 Å². The van der Waals surface area contributed by atoms with Crippen LogP contribution < -0.4 is 10.1 Å². The number of methoxy groups -OCH3 is 1. The van der Waals surface area contributed by atoms with Crippen molar-refractivity contribution in [3.05, 3.63) is 23.8 Å². The lowest BCUT2D eigenvalue weighted by Gasteiger charge is -2.38. The van der Waals surface area contributed by atoms with Crippen molar-refractivity contribution in [3.8, 4) is 5.75 Å². The number of fused-ring (bicyclic) bond motifs is 1. The molecular weight excluding hydrogens is 224 g/mol. The molecule has 1 aromatic carbocycles. The normalized spacial score (nSPS) is 27.7. The van der Waals surface area contributed by atoms with E-state index in [9.17, 15) is 0 Å². The molecule has 1 saturated heterocycles. The Morgan fingerprint density at radius 1 is 1.28 bits per heavy atom. The Morgan fingerprint density at radius 2 is 2.06 bits per heavy atom. The van der Waals surface area contributed by atoms with Crippen molar-refractivity contribution in [2.24, 2.45) is 5.92 Å². The van der Waals surface area contributed by atoms with Crippen LogP contribution in [0.1, 0.15) is 31.4 Å². The molecule has 2 unspecified atom stereocenters. The van der Waals surface area contributed by atoms with Crippen LogP contribution in [0, 0.1) is 5.92 Å². The van der Waals surface area contributed by atoms with Gasteiger partial charge < -0.3 is 10.1 Å². The summed E-state index contributed by atoms with van der Waals surface area (Å²) in [5.41, 5.74) is 2.70. The third kappa shape index (κ3) is 1.97. The predicted octanol–water partition coefficient (Wildman–Crippen LogP) is 2.89. The summed E-state index contributed by atoms with van der Waals surface area (Å²) in [7, 11) is 1.73. The number of rotatable bonds is 2. The highest BCUT2D eigenvalue weighted by atomic mass is 16.5. The first-order valence-corrected chi connectivity index (χ1v) is 6.95. The Labute approximate surface area is 109 Å².